The molecule has 0 fully saturated rings. The molecule has 127 valence electrons. The van der Waals surface area contributed by atoms with Crippen molar-refractivity contribution in [3.8, 4) is 0 Å². The number of unbranched alkanes of at least 4 members (excludes halogenated alkanes) is 2. The molecule has 0 aromatic carbocycles. The van der Waals surface area contributed by atoms with E-state index >= 15 is 0 Å². The van der Waals surface area contributed by atoms with E-state index in [0.29, 0.717) is 0 Å². The van der Waals surface area contributed by atoms with Crippen molar-refractivity contribution in [2.45, 2.75) is 53.4 Å². The minimum Gasteiger partial charge on any atom is -0.325 e. The Kier molecular flexibility index (Phi) is 37.4. The molecule has 0 amide bonds. The van der Waals surface area contributed by atoms with Crippen LogP contribution >= 0.6 is 13.4 Å². The van der Waals surface area contributed by atoms with E-state index in [0.717, 1.165) is 0 Å². The molecule has 0 saturated heterocycles. The van der Waals surface area contributed by atoms with Gasteiger partial charge in [0.2, 0.25) is 0 Å². The van der Waals surface area contributed by atoms with Crippen LogP contribution < -0.4 is 0 Å². The third-order valence-corrected chi connectivity index (χ3v) is 1.000. The zero-order valence-corrected chi connectivity index (χ0v) is 15.9. The summed E-state index contributed by atoms with van der Waals surface area (Å²) in [6, 6.07) is 0. The van der Waals surface area contributed by atoms with Crippen LogP contribution in [0.3, 0.4) is 0 Å². The minimum absolute atomic E-state index is 0. The molecule has 6 N–H and O–H groups in total. The van der Waals surface area contributed by atoms with Crippen molar-refractivity contribution in [1.82, 2.24) is 0 Å². The van der Waals surface area contributed by atoms with Crippen LogP contribution in [-0.4, -0.2) is 29.4 Å². The number of rotatable bonds is 2. The largest absolute Gasteiger partial charge is 0.325 e. The minimum atomic E-state index is -3.81. The van der Waals surface area contributed by atoms with Crippen molar-refractivity contribution >= 4 is 37.1 Å². The van der Waals surface area contributed by atoms with Crippen molar-refractivity contribution in [2.75, 3.05) is 0 Å². The van der Waals surface area contributed by atoms with Crippen molar-refractivity contribution < 1.29 is 46.4 Å². The van der Waals surface area contributed by atoms with Crippen molar-refractivity contribution in [1.29, 1.82) is 0 Å². The smallest absolute Gasteiger partial charge is 0.319 e. The third-order valence-electron chi connectivity index (χ3n) is 1.000. The summed E-state index contributed by atoms with van der Waals surface area (Å²) in [4.78, 5) is 45.3. The van der Waals surface area contributed by atoms with E-state index in [1.54, 1.807) is 0 Å². The van der Waals surface area contributed by atoms with Gasteiger partial charge in [-0.25, -0.2) is 0 Å². The van der Waals surface area contributed by atoms with E-state index in [1.165, 1.54) is 25.7 Å². The molecule has 1 radical (unpaired) electrons. The first kappa shape index (κ1) is 32.5. The van der Waals surface area contributed by atoms with Gasteiger partial charge in [-0.1, -0.05) is 53.4 Å². The average molecular weight is 408 g/mol. The van der Waals surface area contributed by atoms with E-state index in [2.05, 4.69) is 51.3 Å². The van der Waals surface area contributed by atoms with Gasteiger partial charge in [-0.2, -0.15) is 0 Å². The molecule has 0 spiro atoms. The fourth-order valence-electron chi connectivity index (χ4n) is 0. The Labute approximate surface area is 136 Å². The van der Waals surface area contributed by atoms with Crippen LogP contribution in [0.25, 0.3) is 0 Å². The molecule has 0 aromatic rings. The molecule has 0 saturated carbocycles. The maximum absolute atomic E-state index is 7.56. The van der Waals surface area contributed by atoms with E-state index in [9.17, 15) is 0 Å². The Morgan fingerprint density at radius 2 is 0.632 bits per heavy atom. The zero-order valence-electron chi connectivity index (χ0n) is 11.5. The zero-order chi connectivity index (χ0) is 15.8. The summed E-state index contributed by atoms with van der Waals surface area (Å²) in [7, 11) is 0. The van der Waals surface area contributed by atoms with Gasteiger partial charge in [-0.05, 0) is 23.6 Å². The predicted octanol–water partition coefficient (Wildman–Crippen LogP) is 1.99. The summed E-state index contributed by atoms with van der Waals surface area (Å²) < 4.78 is 0. The topological polar surface area (TPSA) is 121 Å². The van der Waals surface area contributed by atoms with Gasteiger partial charge in [0.1, 0.15) is 0 Å². The summed E-state index contributed by atoms with van der Waals surface area (Å²) in [6.07, 6.45) is 5.28. The average Bonchev–Trinajstić information content (AvgIpc) is 2.12. The Morgan fingerprint density at radius 1 is 0.579 bits per heavy atom. The van der Waals surface area contributed by atoms with Crippen LogP contribution in [0.1, 0.15) is 53.4 Å². The Hall–Kier alpha value is 1.58. The SMILES string of the molecule is CCCC.CCCC.OP(O)(O)=S.OP(O)(O)=S.[Cu]. The molecule has 0 aliphatic heterocycles. The molecule has 0 atom stereocenters. The van der Waals surface area contributed by atoms with Gasteiger partial charge >= 0.3 is 13.4 Å². The summed E-state index contributed by atoms with van der Waals surface area (Å²) in [5.74, 6) is 0. The van der Waals surface area contributed by atoms with Crippen LogP contribution in [0.5, 0.6) is 0 Å². The quantitative estimate of drug-likeness (QED) is 0.303. The summed E-state index contributed by atoms with van der Waals surface area (Å²) >= 11 is 7.21. The molecular weight excluding hydrogens is 382 g/mol. The van der Waals surface area contributed by atoms with E-state index in [4.69, 9.17) is 29.4 Å². The van der Waals surface area contributed by atoms with E-state index in [1.807, 2.05) is 0 Å². The van der Waals surface area contributed by atoms with Crippen LogP contribution in [-0.2, 0) is 40.7 Å². The van der Waals surface area contributed by atoms with E-state index < -0.39 is 13.4 Å². The molecule has 0 aliphatic carbocycles. The van der Waals surface area contributed by atoms with Gasteiger partial charge in [-0.15, -0.1) is 0 Å². The first-order valence-corrected chi connectivity index (χ1v) is 10.7. The Balaban J connectivity index is -0.0000000453. The molecule has 0 unspecified atom stereocenters. The van der Waals surface area contributed by atoms with Crippen LogP contribution in [0.4, 0.5) is 0 Å². The van der Waals surface area contributed by atoms with E-state index in [-0.39, 0.29) is 17.1 Å². The standard InChI is InChI=1S/2C4H10.Cu.2H3O3PS/c2*1-3-4-2;;2*1-4(2,3)5/h2*3-4H2,1-2H3;;2*(H3,1,2,3,5). The van der Waals surface area contributed by atoms with Gasteiger partial charge < -0.3 is 29.4 Å². The summed E-state index contributed by atoms with van der Waals surface area (Å²) in [5, 5.41) is 0. The molecule has 0 aromatic heterocycles. The van der Waals surface area contributed by atoms with Crippen LogP contribution in [0, 0.1) is 0 Å². The first-order chi connectivity index (χ1) is 7.83. The Bertz CT molecular complexity index is 189. The van der Waals surface area contributed by atoms with Gasteiger partial charge in [0, 0.05) is 17.1 Å². The molecule has 0 aliphatic rings. The van der Waals surface area contributed by atoms with Crippen LogP contribution in [0.2, 0.25) is 0 Å². The molecule has 0 rings (SSSR count). The molecule has 6 nitrogen and oxygen atoms in total. The molecular formula is C8H26CuO6P2S2. The van der Waals surface area contributed by atoms with Gasteiger partial charge in [0.25, 0.3) is 0 Å². The summed E-state index contributed by atoms with van der Waals surface area (Å²) in [6.45, 7) is 1.11. The first-order valence-electron chi connectivity index (χ1n) is 5.39. The fourth-order valence-corrected chi connectivity index (χ4v) is 0. The van der Waals surface area contributed by atoms with Gasteiger partial charge in [0.05, 0.1) is 0 Å². The summed E-state index contributed by atoms with van der Waals surface area (Å²) in [5.41, 5.74) is 0. The fraction of sp³-hybridized carbons (Fsp3) is 1.00. The molecule has 11 heteroatoms. The van der Waals surface area contributed by atoms with Crippen LogP contribution in [0.15, 0.2) is 0 Å². The van der Waals surface area contributed by atoms with Crippen molar-refractivity contribution in [3.05, 3.63) is 0 Å². The third kappa shape index (κ3) is 472. The van der Waals surface area contributed by atoms with Gasteiger partial charge in [0.15, 0.2) is 0 Å². The van der Waals surface area contributed by atoms with Crippen molar-refractivity contribution in [2.24, 2.45) is 0 Å². The maximum atomic E-state index is 7.56. The predicted molar refractivity (Wildman–Crippen MR) is 83.0 cm³/mol. The molecule has 19 heavy (non-hydrogen) atoms. The normalized spacial score (nSPS) is 9.37. The molecule has 0 heterocycles. The second-order valence-electron chi connectivity index (χ2n) is 3.03. The second kappa shape index (κ2) is 21.9. The monoisotopic (exact) mass is 407 g/mol. The Morgan fingerprint density at radius 3 is 0.632 bits per heavy atom. The second-order valence-corrected chi connectivity index (χ2v) is 8.02. The number of hydrogen-bond acceptors (Lipinski definition) is 2. The molecule has 0 bridgehead atoms. The number of hydrogen-bond donors (Lipinski definition) is 6. The van der Waals surface area contributed by atoms with Crippen molar-refractivity contribution in [3.63, 3.8) is 0 Å². The maximum Gasteiger partial charge on any atom is 0.319 e. The van der Waals surface area contributed by atoms with Gasteiger partial charge in [-0.3, -0.25) is 0 Å².